The van der Waals surface area contributed by atoms with E-state index in [0.717, 1.165) is 0 Å². The molecule has 0 saturated heterocycles. The topological polar surface area (TPSA) is 80.3 Å². The number of amides is 2. The van der Waals surface area contributed by atoms with Crippen LogP contribution in [0.5, 0.6) is 5.75 Å². The van der Waals surface area contributed by atoms with Crippen molar-refractivity contribution in [3.05, 3.63) is 80.8 Å². The molecular weight excluding hydrogens is 410 g/mol. The average Bonchev–Trinajstić information content (AvgIpc) is 3.12. The van der Waals surface area contributed by atoms with E-state index in [-0.39, 0.29) is 18.4 Å². The molecule has 2 N–H and O–H groups in total. The Morgan fingerprint density at radius 1 is 1.14 bits per heavy atom. The number of likely N-dealkylation sites (N-methyl/N-ethyl adjacent to an activating group) is 1. The van der Waals surface area contributed by atoms with E-state index in [1.165, 1.54) is 18.4 Å². The van der Waals surface area contributed by atoms with Gasteiger partial charge in [0.05, 0.1) is 5.69 Å². The molecule has 3 aromatic rings. The molecule has 2 amide bonds. The molecule has 1 heterocycles. The van der Waals surface area contributed by atoms with Gasteiger partial charge in [0.1, 0.15) is 28.3 Å². The maximum Gasteiger partial charge on any atom is 0.264 e. The summed E-state index contributed by atoms with van der Waals surface area (Å²) in [5.41, 5.74) is 1.29. The summed E-state index contributed by atoms with van der Waals surface area (Å²) in [7, 11) is 1.54. The van der Waals surface area contributed by atoms with Crippen LogP contribution in [0.15, 0.2) is 54.6 Å². The van der Waals surface area contributed by atoms with Gasteiger partial charge in [0.2, 0.25) is 5.91 Å². The zero-order chi connectivity index (χ0) is 20.8. The molecule has 8 heteroatoms. The zero-order valence-electron chi connectivity index (χ0n) is 15.9. The van der Waals surface area contributed by atoms with Crippen molar-refractivity contribution < 1.29 is 14.3 Å². The quantitative estimate of drug-likeness (QED) is 0.596. The predicted molar refractivity (Wildman–Crippen MR) is 113 cm³/mol. The summed E-state index contributed by atoms with van der Waals surface area (Å²) in [6.07, 6.45) is 0. The van der Waals surface area contributed by atoms with Gasteiger partial charge in [0.15, 0.2) is 0 Å². The van der Waals surface area contributed by atoms with Gasteiger partial charge < -0.3 is 15.4 Å². The smallest absolute Gasteiger partial charge is 0.264 e. The first-order valence-corrected chi connectivity index (χ1v) is 10.1. The first-order chi connectivity index (χ1) is 14.0. The van der Waals surface area contributed by atoms with Crippen molar-refractivity contribution in [1.82, 2.24) is 15.6 Å². The van der Waals surface area contributed by atoms with Crippen LogP contribution >= 0.6 is 22.9 Å². The zero-order valence-corrected chi connectivity index (χ0v) is 17.5. The number of nitrogens with zero attached hydrogens (tertiary/aromatic N) is 1. The van der Waals surface area contributed by atoms with E-state index in [0.29, 0.717) is 31.9 Å². The van der Waals surface area contributed by atoms with Crippen LogP contribution in [0.4, 0.5) is 0 Å². The molecule has 0 fully saturated rings. The molecule has 0 bridgehead atoms. The average molecular weight is 430 g/mol. The molecule has 3 rings (SSSR count). The number of nitrogens with one attached hydrogen (secondary N) is 2. The van der Waals surface area contributed by atoms with Crippen LogP contribution in [0.1, 0.15) is 32.0 Å². The fourth-order valence-electron chi connectivity index (χ4n) is 2.69. The fraction of sp³-hybridized carbons (Fsp3) is 0.190. The summed E-state index contributed by atoms with van der Waals surface area (Å²) in [4.78, 5) is 30.0. The number of aromatic nitrogens is 1. The van der Waals surface area contributed by atoms with E-state index in [1.807, 2.05) is 18.2 Å². The molecule has 0 aliphatic rings. The molecule has 0 aliphatic carbocycles. The second kappa shape index (κ2) is 9.54. The maximum absolute atomic E-state index is 12.8. The molecule has 2 aromatic carbocycles. The number of rotatable bonds is 7. The highest BCUT2D eigenvalue weighted by molar-refractivity contribution is 7.13. The minimum atomic E-state index is -0.788. The summed E-state index contributed by atoms with van der Waals surface area (Å²) < 4.78 is 5.69. The normalized spacial score (nSPS) is 11.6. The van der Waals surface area contributed by atoms with Crippen LogP contribution in [0, 0.1) is 6.92 Å². The maximum atomic E-state index is 12.8. The van der Waals surface area contributed by atoms with Gasteiger partial charge in [0.25, 0.3) is 5.91 Å². The second-order valence-electron chi connectivity index (χ2n) is 6.20. The standard InChI is InChI=1S/C21H20ClN3O3S/c1-13-19(29-17(24-13)12-28-16-10-8-15(22)9-11-16)21(27)25-18(20(26)23-2)14-6-4-3-5-7-14/h3-11,18H,12H2,1-2H3,(H,23,26)(H,25,27)/t18-/m1/s1. The van der Waals surface area contributed by atoms with Crippen LogP contribution in [0.2, 0.25) is 5.02 Å². The van der Waals surface area contributed by atoms with E-state index in [2.05, 4.69) is 15.6 Å². The van der Waals surface area contributed by atoms with Crippen molar-refractivity contribution in [2.45, 2.75) is 19.6 Å². The highest BCUT2D eigenvalue weighted by atomic mass is 35.5. The number of carbonyl (C=O) groups is 2. The van der Waals surface area contributed by atoms with Crippen LogP contribution in [-0.2, 0) is 11.4 Å². The van der Waals surface area contributed by atoms with Gasteiger partial charge in [-0.1, -0.05) is 41.9 Å². The number of thiazole rings is 1. The molecular formula is C21H20ClN3O3S. The Kier molecular flexibility index (Phi) is 6.85. The Labute approximate surface area is 177 Å². The molecule has 29 heavy (non-hydrogen) atoms. The number of carbonyl (C=O) groups excluding carboxylic acids is 2. The summed E-state index contributed by atoms with van der Waals surface area (Å²) in [6, 6.07) is 15.3. The molecule has 6 nitrogen and oxygen atoms in total. The second-order valence-corrected chi connectivity index (χ2v) is 7.72. The third-order valence-electron chi connectivity index (χ3n) is 4.14. The third kappa shape index (κ3) is 5.34. The lowest BCUT2D eigenvalue weighted by Gasteiger charge is -2.17. The SMILES string of the molecule is CNC(=O)[C@H](NC(=O)c1sc(COc2ccc(Cl)cc2)nc1C)c1ccccc1. The Morgan fingerprint density at radius 3 is 2.48 bits per heavy atom. The van der Waals surface area contributed by atoms with E-state index in [9.17, 15) is 9.59 Å². The van der Waals surface area contributed by atoms with Gasteiger partial charge in [-0.25, -0.2) is 4.98 Å². The van der Waals surface area contributed by atoms with Crippen molar-refractivity contribution in [1.29, 1.82) is 0 Å². The molecule has 0 unspecified atom stereocenters. The number of aryl methyl sites for hydroxylation is 1. The highest BCUT2D eigenvalue weighted by Gasteiger charge is 2.24. The van der Waals surface area contributed by atoms with Crippen LogP contribution in [0.25, 0.3) is 0 Å². The Bertz CT molecular complexity index is 990. The van der Waals surface area contributed by atoms with Crippen molar-refractivity contribution in [2.24, 2.45) is 0 Å². The largest absolute Gasteiger partial charge is 0.486 e. The van der Waals surface area contributed by atoms with Crippen LogP contribution < -0.4 is 15.4 Å². The van der Waals surface area contributed by atoms with E-state index in [4.69, 9.17) is 16.3 Å². The first kappa shape index (κ1) is 20.8. The molecule has 1 atom stereocenters. The number of hydrogen-bond donors (Lipinski definition) is 2. The number of hydrogen-bond acceptors (Lipinski definition) is 5. The monoisotopic (exact) mass is 429 g/mol. The Hall–Kier alpha value is -2.90. The van der Waals surface area contributed by atoms with Crippen molar-refractivity contribution in [3.63, 3.8) is 0 Å². The summed E-state index contributed by atoms with van der Waals surface area (Å²) in [5.74, 6) is 0.0187. The van der Waals surface area contributed by atoms with Crippen LogP contribution in [0.3, 0.4) is 0 Å². The van der Waals surface area contributed by atoms with E-state index >= 15 is 0 Å². The van der Waals surface area contributed by atoms with E-state index < -0.39 is 6.04 Å². The molecule has 150 valence electrons. The molecule has 1 aromatic heterocycles. The van der Waals surface area contributed by atoms with Crippen molar-refractivity contribution in [3.8, 4) is 5.75 Å². The first-order valence-electron chi connectivity index (χ1n) is 8.90. The lowest BCUT2D eigenvalue weighted by molar-refractivity contribution is -0.122. The molecule has 0 spiro atoms. The van der Waals surface area contributed by atoms with Crippen molar-refractivity contribution in [2.75, 3.05) is 7.05 Å². The van der Waals surface area contributed by atoms with Gasteiger partial charge in [-0.15, -0.1) is 11.3 Å². The predicted octanol–water partition coefficient (Wildman–Crippen LogP) is 3.90. The van der Waals surface area contributed by atoms with Gasteiger partial charge >= 0.3 is 0 Å². The van der Waals surface area contributed by atoms with Gasteiger partial charge in [0, 0.05) is 12.1 Å². The Balaban J connectivity index is 1.71. The fourth-order valence-corrected chi connectivity index (χ4v) is 3.69. The molecule has 0 saturated carbocycles. The number of halogens is 1. The minimum Gasteiger partial charge on any atom is -0.486 e. The van der Waals surface area contributed by atoms with Gasteiger partial charge in [-0.05, 0) is 36.8 Å². The highest BCUT2D eigenvalue weighted by Crippen LogP contribution is 2.23. The lowest BCUT2D eigenvalue weighted by Crippen LogP contribution is -2.39. The van der Waals surface area contributed by atoms with Gasteiger partial charge in [-0.3, -0.25) is 9.59 Å². The molecule has 0 radical (unpaired) electrons. The minimum absolute atomic E-state index is 0.234. The Morgan fingerprint density at radius 2 is 1.83 bits per heavy atom. The summed E-state index contributed by atoms with van der Waals surface area (Å²) >= 11 is 7.11. The number of ether oxygens (including phenoxy) is 1. The lowest BCUT2D eigenvalue weighted by atomic mass is 10.1. The third-order valence-corrected chi connectivity index (χ3v) is 5.52. The van der Waals surface area contributed by atoms with Crippen LogP contribution in [-0.4, -0.2) is 23.8 Å². The summed E-state index contributed by atoms with van der Waals surface area (Å²) in [5, 5.41) is 6.68. The van der Waals surface area contributed by atoms with E-state index in [1.54, 1.807) is 43.3 Å². The van der Waals surface area contributed by atoms with Crippen molar-refractivity contribution >= 4 is 34.8 Å². The van der Waals surface area contributed by atoms with Gasteiger partial charge in [-0.2, -0.15) is 0 Å². The number of benzene rings is 2. The molecule has 0 aliphatic heterocycles. The summed E-state index contributed by atoms with van der Waals surface area (Å²) in [6.45, 7) is 1.99.